The van der Waals surface area contributed by atoms with Gasteiger partial charge in [-0.2, -0.15) is 0 Å². The Labute approximate surface area is 333 Å². The molecule has 0 aliphatic heterocycles. The summed E-state index contributed by atoms with van der Waals surface area (Å²) in [7, 11) is 0. The second-order valence-electron chi connectivity index (χ2n) is 15.5. The molecule has 0 aromatic carbocycles. The zero-order chi connectivity index (χ0) is 39.6. The lowest BCUT2D eigenvalue weighted by atomic mass is 10.0. The van der Waals surface area contributed by atoms with Crippen LogP contribution in [0.2, 0.25) is 0 Å². The number of carboxylic acid groups (broad SMARTS) is 1. The minimum absolute atomic E-state index is 0.0919. The maximum atomic E-state index is 12.7. The lowest BCUT2D eigenvalue weighted by Crippen LogP contribution is -2.40. The van der Waals surface area contributed by atoms with Gasteiger partial charge in [0.2, 0.25) is 5.91 Å². The van der Waals surface area contributed by atoms with E-state index in [1.165, 1.54) is 122 Å². The molecule has 0 fully saturated rings. The van der Waals surface area contributed by atoms with E-state index in [9.17, 15) is 19.5 Å². The molecule has 0 spiro atoms. The fraction of sp³-hybridized carbons (Fsp3) is 0.809. The van der Waals surface area contributed by atoms with Crippen LogP contribution >= 0.6 is 0 Å². The first-order valence-electron chi connectivity index (χ1n) is 22.8. The van der Waals surface area contributed by atoms with Gasteiger partial charge in [-0.15, -0.1) is 0 Å². The zero-order valence-electron chi connectivity index (χ0n) is 35.3. The predicted octanol–water partition coefficient (Wildman–Crippen LogP) is 13.0. The summed E-state index contributed by atoms with van der Waals surface area (Å²) in [5, 5.41) is 11.9. The third-order valence-corrected chi connectivity index (χ3v) is 10.2. The number of amides is 1. The number of rotatable bonds is 41. The third kappa shape index (κ3) is 37.9. The molecule has 0 saturated heterocycles. The van der Waals surface area contributed by atoms with Crippen molar-refractivity contribution < 1.29 is 24.2 Å². The molecule has 0 aliphatic rings. The fourth-order valence-corrected chi connectivity index (χ4v) is 6.68. The molecule has 0 aliphatic carbocycles. The van der Waals surface area contributed by atoms with Crippen molar-refractivity contribution in [2.45, 2.75) is 238 Å². The van der Waals surface area contributed by atoms with Gasteiger partial charge in [0.25, 0.3) is 0 Å². The van der Waals surface area contributed by atoms with E-state index in [0.717, 1.165) is 57.8 Å². The highest BCUT2D eigenvalue weighted by molar-refractivity contribution is 5.83. The summed E-state index contributed by atoms with van der Waals surface area (Å²) >= 11 is 0. The molecule has 0 bridgehead atoms. The number of ether oxygens (including phenoxy) is 1. The predicted molar refractivity (Wildman–Crippen MR) is 230 cm³/mol. The number of nitrogens with one attached hydrogen (secondary N) is 1. The van der Waals surface area contributed by atoms with Crippen molar-refractivity contribution in [3.63, 3.8) is 0 Å². The van der Waals surface area contributed by atoms with Crippen molar-refractivity contribution in [3.05, 3.63) is 36.5 Å². The number of nitrogens with two attached hydrogens (primary N) is 1. The molecule has 0 rings (SSSR count). The molecular formula is C47H86N2O5. The first-order chi connectivity index (χ1) is 26.4. The van der Waals surface area contributed by atoms with Gasteiger partial charge in [-0.25, -0.2) is 4.79 Å². The van der Waals surface area contributed by atoms with Crippen molar-refractivity contribution >= 4 is 17.8 Å². The first-order valence-corrected chi connectivity index (χ1v) is 22.8. The number of esters is 1. The lowest BCUT2D eigenvalue weighted by Gasteiger charge is -2.15. The molecule has 0 saturated carbocycles. The van der Waals surface area contributed by atoms with E-state index in [1.807, 2.05) is 0 Å². The Morgan fingerprint density at radius 1 is 0.556 bits per heavy atom. The topological polar surface area (TPSA) is 119 Å². The average Bonchev–Trinajstić information content (AvgIpc) is 3.16. The van der Waals surface area contributed by atoms with Crippen LogP contribution in [0.5, 0.6) is 0 Å². The van der Waals surface area contributed by atoms with Crippen LogP contribution in [0.4, 0.5) is 0 Å². The highest BCUT2D eigenvalue weighted by atomic mass is 16.5. The van der Waals surface area contributed by atoms with Crippen LogP contribution in [-0.2, 0) is 19.1 Å². The number of allylic oxidation sites excluding steroid dienone is 5. The van der Waals surface area contributed by atoms with Gasteiger partial charge in [0.15, 0.2) is 0 Å². The van der Waals surface area contributed by atoms with Gasteiger partial charge in [0, 0.05) is 12.8 Å². The Hall–Kier alpha value is -2.41. The Bertz CT molecular complexity index is 946. The normalized spacial score (nSPS) is 12.9. The molecule has 7 heteroatoms. The Kier molecular flexibility index (Phi) is 39.9. The zero-order valence-corrected chi connectivity index (χ0v) is 35.3. The molecule has 0 radical (unpaired) electrons. The van der Waals surface area contributed by atoms with Gasteiger partial charge in [0.05, 0.1) is 0 Å². The van der Waals surface area contributed by atoms with Gasteiger partial charge in [-0.1, -0.05) is 160 Å². The SMILES string of the molecule is CCCCCC/C=C\C(CCCCCCC(=O)NC(CCCN)C(=O)O)OC(=O)CCCCCCCCCCCCC/C=C\C/C=C\CCCCCCC. The molecule has 2 unspecified atom stereocenters. The number of carbonyl (C=O) groups is 3. The monoisotopic (exact) mass is 759 g/mol. The number of carbonyl (C=O) groups excluding carboxylic acids is 2. The number of unbranched alkanes of at least 4 members (excludes halogenated alkanes) is 23. The molecule has 314 valence electrons. The highest BCUT2D eigenvalue weighted by Crippen LogP contribution is 2.16. The number of hydrogen-bond donors (Lipinski definition) is 3. The van der Waals surface area contributed by atoms with Crippen LogP contribution in [0.1, 0.15) is 226 Å². The summed E-state index contributed by atoms with van der Waals surface area (Å²) in [6, 6.07) is -0.870. The van der Waals surface area contributed by atoms with Gasteiger partial charge in [0.1, 0.15) is 12.1 Å². The maximum Gasteiger partial charge on any atom is 0.326 e. The van der Waals surface area contributed by atoms with E-state index in [2.05, 4.69) is 55.6 Å². The Morgan fingerprint density at radius 2 is 1.02 bits per heavy atom. The quantitative estimate of drug-likeness (QED) is 0.0324. The summed E-state index contributed by atoms with van der Waals surface area (Å²) in [5.41, 5.74) is 5.48. The summed E-state index contributed by atoms with van der Waals surface area (Å²) < 4.78 is 5.91. The summed E-state index contributed by atoms with van der Waals surface area (Å²) in [6.07, 6.45) is 49.4. The Morgan fingerprint density at radius 3 is 1.56 bits per heavy atom. The molecule has 4 N–H and O–H groups in total. The van der Waals surface area contributed by atoms with Gasteiger partial charge < -0.3 is 20.9 Å². The largest absolute Gasteiger partial charge is 0.480 e. The molecule has 0 heterocycles. The minimum Gasteiger partial charge on any atom is -0.480 e. The number of carboxylic acids is 1. The number of hydrogen-bond acceptors (Lipinski definition) is 5. The van der Waals surface area contributed by atoms with Crippen molar-refractivity contribution in [1.29, 1.82) is 0 Å². The smallest absolute Gasteiger partial charge is 0.326 e. The standard InChI is InChI=1S/C47H86N2O5/c1-3-5-7-9-11-12-13-14-15-16-17-18-19-20-21-22-23-24-25-26-27-29-35-41-46(51)54-43(37-32-28-10-8-6-4-2)38-33-30-31-34-40-45(50)49-44(47(52)53)39-36-42-48/h13-14,16-17,32,37,43-44H,3-12,15,18-31,33-36,38-42,48H2,1-2H3,(H,49,50)(H,52,53)/b14-13-,17-16-,37-32-. The van der Waals surface area contributed by atoms with Crippen LogP contribution < -0.4 is 11.1 Å². The van der Waals surface area contributed by atoms with E-state index in [4.69, 9.17) is 10.5 Å². The molecule has 7 nitrogen and oxygen atoms in total. The summed E-state index contributed by atoms with van der Waals surface area (Å²) in [4.78, 5) is 36.3. The van der Waals surface area contributed by atoms with Gasteiger partial charge in [-0.3, -0.25) is 9.59 Å². The average molecular weight is 759 g/mol. The van der Waals surface area contributed by atoms with Crippen LogP contribution in [0, 0.1) is 0 Å². The van der Waals surface area contributed by atoms with Crippen LogP contribution in [-0.4, -0.2) is 41.6 Å². The van der Waals surface area contributed by atoms with Crippen LogP contribution in [0.15, 0.2) is 36.5 Å². The fourth-order valence-electron chi connectivity index (χ4n) is 6.68. The maximum absolute atomic E-state index is 12.7. The van der Waals surface area contributed by atoms with E-state index in [0.29, 0.717) is 38.6 Å². The molecule has 0 aromatic heterocycles. The minimum atomic E-state index is -1.01. The molecule has 54 heavy (non-hydrogen) atoms. The van der Waals surface area contributed by atoms with E-state index in [-0.39, 0.29) is 18.0 Å². The number of aliphatic carboxylic acids is 1. The second kappa shape index (κ2) is 41.7. The van der Waals surface area contributed by atoms with Gasteiger partial charge >= 0.3 is 11.9 Å². The van der Waals surface area contributed by atoms with E-state index >= 15 is 0 Å². The third-order valence-electron chi connectivity index (χ3n) is 10.2. The van der Waals surface area contributed by atoms with E-state index in [1.54, 1.807) is 0 Å². The lowest BCUT2D eigenvalue weighted by molar-refractivity contribution is -0.147. The van der Waals surface area contributed by atoms with Crippen molar-refractivity contribution in [1.82, 2.24) is 5.32 Å². The Balaban J connectivity index is 4.02. The van der Waals surface area contributed by atoms with Crippen molar-refractivity contribution in [2.75, 3.05) is 6.54 Å². The molecule has 2 atom stereocenters. The van der Waals surface area contributed by atoms with Crippen LogP contribution in [0.25, 0.3) is 0 Å². The van der Waals surface area contributed by atoms with Crippen LogP contribution in [0.3, 0.4) is 0 Å². The van der Waals surface area contributed by atoms with Gasteiger partial charge in [-0.05, 0) is 96.1 Å². The highest BCUT2D eigenvalue weighted by Gasteiger charge is 2.19. The van der Waals surface area contributed by atoms with Crippen molar-refractivity contribution in [2.24, 2.45) is 5.73 Å². The molecule has 1 amide bonds. The van der Waals surface area contributed by atoms with E-state index < -0.39 is 12.0 Å². The van der Waals surface area contributed by atoms with Crippen molar-refractivity contribution in [3.8, 4) is 0 Å². The molecular weight excluding hydrogens is 673 g/mol. The first kappa shape index (κ1) is 51.6. The summed E-state index contributed by atoms with van der Waals surface area (Å²) in [5.74, 6) is -1.33. The molecule has 0 aromatic rings. The summed E-state index contributed by atoms with van der Waals surface area (Å²) in [6.45, 7) is 4.89. The second-order valence-corrected chi connectivity index (χ2v) is 15.5.